The summed E-state index contributed by atoms with van der Waals surface area (Å²) in [6, 6.07) is 14.9. The number of aliphatic hydroxyl groups excluding tert-OH is 1. The van der Waals surface area contributed by atoms with Crippen LogP contribution in [0.2, 0.25) is 0 Å². The van der Waals surface area contributed by atoms with Crippen LogP contribution in [0.5, 0.6) is 5.75 Å². The number of hydrogen-bond acceptors (Lipinski definition) is 8. The van der Waals surface area contributed by atoms with E-state index in [4.69, 9.17) is 28.4 Å². The molecular formula is C31H45NO7. The van der Waals surface area contributed by atoms with Crippen molar-refractivity contribution in [3.63, 3.8) is 0 Å². The molecule has 1 N–H and O–H groups in total. The second-order valence-electron chi connectivity index (χ2n) is 10.4. The molecular weight excluding hydrogens is 498 g/mol. The summed E-state index contributed by atoms with van der Waals surface area (Å²) in [6.45, 7) is 4.85. The maximum atomic E-state index is 10.2. The first-order valence-corrected chi connectivity index (χ1v) is 14.1. The van der Waals surface area contributed by atoms with Crippen LogP contribution in [0, 0.1) is 0 Å². The topological polar surface area (TPSA) is 78.9 Å². The monoisotopic (exact) mass is 543 g/mol. The van der Waals surface area contributed by atoms with Crippen molar-refractivity contribution in [1.82, 2.24) is 0 Å². The lowest BCUT2D eigenvalue weighted by Crippen LogP contribution is -2.39. The van der Waals surface area contributed by atoms with E-state index in [2.05, 4.69) is 47.4 Å². The molecule has 2 aromatic rings. The third-order valence-corrected chi connectivity index (χ3v) is 7.54. The number of nitrogens with zero attached hydrogens (tertiary/aromatic N) is 1. The van der Waals surface area contributed by atoms with Gasteiger partial charge in [-0.05, 0) is 54.5 Å². The molecule has 0 unspecified atom stereocenters. The molecule has 4 atom stereocenters. The Balaban J connectivity index is 1.48. The van der Waals surface area contributed by atoms with Gasteiger partial charge >= 0.3 is 0 Å². The molecule has 1 heterocycles. The second-order valence-corrected chi connectivity index (χ2v) is 10.4. The van der Waals surface area contributed by atoms with E-state index in [-0.39, 0.29) is 31.3 Å². The van der Waals surface area contributed by atoms with E-state index in [1.165, 1.54) is 5.56 Å². The smallest absolute Gasteiger partial charge is 0.142 e. The summed E-state index contributed by atoms with van der Waals surface area (Å²) in [5.74, 6) is 0.994. The third-order valence-electron chi connectivity index (χ3n) is 7.54. The first-order chi connectivity index (χ1) is 19.1. The Hall–Kier alpha value is -2.20. The lowest BCUT2D eigenvalue weighted by molar-refractivity contribution is -0.0928. The Morgan fingerprint density at radius 3 is 2.41 bits per heavy atom. The van der Waals surface area contributed by atoms with Gasteiger partial charge < -0.3 is 38.4 Å². The van der Waals surface area contributed by atoms with Crippen molar-refractivity contribution < 1.29 is 33.5 Å². The van der Waals surface area contributed by atoms with E-state index in [0.717, 1.165) is 67.9 Å². The first-order valence-electron chi connectivity index (χ1n) is 14.1. The Labute approximate surface area is 233 Å². The van der Waals surface area contributed by atoms with Crippen molar-refractivity contribution in [3.8, 4) is 5.75 Å². The van der Waals surface area contributed by atoms with Gasteiger partial charge in [0.25, 0.3) is 0 Å². The molecule has 8 nitrogen and oxygen atoms in total. The molecule has 0 spiro atoms. The molecule has 8 heteroatoms. The normalized spacial score (nSPS) is 21.8. The standard InChI is InChI=1S/C31H45NO7/c1-34-16-5-14-32-15-17-37-28-13-10-24(18-27(28)32)20-38-29-6-4-7-30(39-22-26(33)21-36-3)31(29)25-11-8-23(9-12-25)19-35-2/h8-13,18,26,29-31,33H,4-7,14-17,19-22H2,1-3H3/t26-,29+,30-,31-/m1/s1. The fourth-order valence-electron chi connectivity index (χ4n) is 5.64. The van der Waals surface area contributed by atoms with Gasteiger partial charge in [0.1, 0.15) is 18.5 Å². The van der Waals surface area contributed by atoms with Gasteiger partial charge in [-0.15, -0.1) is 0 Å². The lowest BCUT2D eigenvalue weighted by Gasteiger charge is -2.39. The minimum absolute atomic E-state index is 0.00156. The Morgan fingerprint density at radius 2 is 1.67 bits per heavy atom. The Kier molecular flexibility index (Phi) is 11.9. The quantitative estimate of drug-likeness (QED) is 0.333. The van der Waals surface area contributed by atoms with Gasteiger partial charge in [0.15, 0.2) is 0 Å². The predicted molar refractivity (Wildman–Crippen MR) is 151 cm³/mol. The van der Waals surface area contributed by atoms with Crippen LogP contribution in [-0.2, 0) is 36.9 Å². The first kappa shape index (κ1) is 29.8. The number of ether oxygens (including phenoxy) is 6. The van der Waals surface area contributed by atoms with Crippen LogP contribution in [-0.4, -0.2) is 84.3 Å². The number of fused-ring (bicyclic) bond motifs is 1. The molecule has 0 bridgehead atoms. The summed E-state index contributed by atoms with van der Waals surface area (Å²) in [4.78, 5) is 2.38. The highest BCUT2D eigenvalue weighted by Gasteiger charge is 2.36. The van der Waals surface area contributed by atoms with Gasteiger partial charge in [-0.1, -0.05) is 30.3 Å². The molecule has 1 aliphatic carbocycles. The number of aliphatic hydroxyl groups is 1. The van der Waals surface area contributed by atoms with E-state index in [1.54, 1.807) is 21.3 Å². The Bertz CT molecular complexity index is 985. The van der Waals surface area contributed by atoms with Crippen molar-refractivity contribution in [3.05, 3.63) is 59.2 Å². The summed E-state index contributed by atoms with van der Waals surface area (Å²) in [5, 5.41) is 10.2. The molecule has 1 saturated carbocycles. The van der Waals surface area contributed by atoms with Gasteiger partial charge in [-0.2, -0.15) is 0 Å². The van der Waals surface area contributed by atoms with Crippen LogP contribution in [0.15, 0.2) is 42.5 Å². The number of anilines is 1. The van der Waals surface area contributed by atoms with Crippen molar-refractivity contribution in [2.75, 3.05) is 65.7 Å². The van der Waals surface area contributed by atoms with Crippen LogP contribution in [0.4, 0.5) is 5.69 Å². The van der Waals surface area contributed by atoms with Crippen molar-refractivity contribution in [2.45, 2.75) is 63.1 Å². The average Bonchev–Trinajstić information content (AvgIpc) is 2.96. The molecule has 0 saturated heterocycles. The van der Waals surface area contributed by atoms with Crippen LogP contribution >= 0.6 is 0 Å². The maximum absolute atomic E-state index is 10.2. The van der Waals surface area contributed by atoms with E-state index in [9.17, 15) is 5.11 Å². The summed E-state index contributed by atoms with van der Waals surface area (Å²) in [5.41, 5.74) is 4.58. The summed E-state index contributed by atoms with van der Waals surface area (Å²) < 4.78 is 34.5. The minimum Gasteiger partial charge on any atom is -0.490 e. The maximum Gasteiger partial charge on any atom is 0.142 e. The molecule has 4 rings (SSSR count). The van der Waals surface area contributed by atoms with Gasteiger partial charge in [-0.25, -0.2) is 0 Å². The van der Waals surface area contributed by atoms with Crippen molar-refractivity contribution >= 4 is 5.69 Å². The van der Waals surface area contributed by atoms with Crippen LogP contribution < -0.4 is 9.64 Å². The number of hydrogen-bond donors (Lipinski definition) is 1. The number of benzene rings is 2. The zero-order valence-corrected chi connectivity index (χ0v) is 23.7. The molecule has 216 valence electrons. The lowest BCUT2D eigenvalue weighted by atomic mass is 9.79. The van der Waals surface area contributed by atoms with Crippen LogP contribution in [0.3, 0.4) is 0 Å². The largest absolute Gasteiger partial charge is 0.490 e. The van der Waals surface area contributed by atoms with Crippen molar-refractivity contribution in [1.29, 1.82) is 0 Å². The highest BCUT2D eigenvalue weighted by Crippen LogP contribution is 2.39. The number of rotatable bonds is 15. The highest BCUT2D eigenvalue weighted by atomic mass is 16.5. The van der Waals surface area contributed by atoms with E-state index in [1.807, 2.05) is 0 Å². The van der Waals surface area contributed by atoms with Crippen LogP contribution in [0.1, 0.15) is 48.3 Å². The molecule has 0 radical (unpaired) electrons. The summed E-state index contributed by atoms with van der Waals surface area (Å²) in [7, 11) is 5.04. The molecule has 1 fully saturated rings. The summed E-state index contributed by atoms with van der Waals surface area (Å²) in [6.07, 6.45) is 3.19. The molecule has 0 amide bonds. The van der Waals surface area contributed by atoms with Gasteiger partial charge in [-0.3, -0.25) is 0 Å². The zero-order chi connectivity index (χ0) is 27.5. The molecule has 2 aliphatic rings. The third kappa shape index (κ3) is 8.39. The van der Waals surface area contributed by atoms with Crippen molar-refractivity contribution in [2.24, 2.45) is 0 Å². The molecule has 2 aromatic carbocycles. The molecule has 0 aromatic heterocycles. The highest BCUT2D eigenvalue weighted by molar-refractivity contribution is 5.61. The van der Waals surface area contributed by atoms with Gasteiger partial charge in [0, 0.05) is 40.4 Å². The predicted octanol–water partition coefficient (Wildman–Crippen LogP) is 4.31. The van der Waals surface area contributed by atoms with Crippen LogP contribution in [0.25, 0.3) is 0 Å². The molecule has 1 aliphatic heterocycles. The van der Waals surface area contributed by atoms with E-state index in [0.29, 0.717) is 19.8 Å². The summed E-state index contributed by atoms with van der Waals surface area (Å²) >= 11 is 0. The minimum atomic E-state index is -0.648. The molecule has 39 heavy (non-hydrogen) atoms. The fraction of sp³-hybridized carbons (Fsp3) is 0.613. The van der Waals surface area contributed by atoms with Gasteiger partial charge in [0.05, 0.1) is 50.9 Å². The van der Waals surface area contributed by atoms with E-state index < -0.39 is 6.10 Å². The van der Waals surface area contributed by atoms with E-state index >= 15 is 0 Å². The second kappa shape index (κ2) is 15.6. The average molecular weight is 544 g/mol. The number of methoxy groups -OCH3 is 3. The van der Waals surface area contributed by atoms with Gasteiger partial charge in [0.2, 0.25) is 0 Å². The Morgan fingerprint density at radius 1 is 0.897 bits per heavy atom. The fourth-order valence-corrected chi connectivity index (χ4v) is 5.64. The zero-order valence-electron chi connectivity index (χ0n) is 23.7. The SMILES string of the molecule is COCCCN1CCOc2ccc(CO[C@H]3CCC[C@@H](OC[C@H](O)COC)[C@@H]3c3ccc(COC)cc3)cc21.